The monoisotopic (exact) mass is 270 g/mol. The number of aromatic nitrogens is 1. The second kappa shape index (κ2) is 5.31. The summed E-state index contributed by atoms with van der Waals surface area (Å²) in [6.07, 6.45) is 5.38. The predicted molar refractivity (Wildman–Crippen MR) is 81.7 cm³/mol. The van der Waals surface area contributed by atoms with Crippen molar-refractivity contribution in [3.8, 4) is 0 Å². The van der Waals surface area contributed by atoms with Gasteiger partial charge in [-0.3, -0.25) is 4.79 Å². The van der Waals surface area contributed by atoms with Crippen LogP contribution in [0.25, 0.3) is 10.9 Å². The van der Waals surface area contributed by atoms with E-state index in [0.717, 1.165) is 29.3 Å². The number of amides is 1. The molecule has 20 heavy (non-hydrogen) atoms. The first-order chi connectivity index (χ1) is 9.61. The topological polar surface area (TPSA) is 44.9 Å². The van der Waals surface area contributed by atoms with Gasteiger partial charge in [0.1, 0.15) is 0 Å². The summed E-state index contributed by atoms with van der Waals surface area (Å²) >= 11 is 0. The zero-order chi connectivity index (χ0) is 14.1. The Bertz CT molecular complexity index is 606. The van der Waals surface area contributed by atoms with Gasteiger partial charge in [-0.05, 0) is 55.4 Å². The van der Waals surface area contributed by atoms with E-state index in [0.29, 0.717) is 17.9 Å². The van der Waals surface area contributed by atoms with E-state index in [4.69, 9.17) is 0 Å². The van der Waals surface area contributed by atoms with Crippen LogP contribution >= 0.6 is 0 Å². The number of carbonyl (C=O) groups is 1. The van der Waals surface area contributed by atoms with Crippen molar-refractivity contribution in [2.24, 2.45) is 11.8 Å². The number of hydrogen-bond acceptors (Lipinski definition) is 1. The van der Waals surface area contributed by atoms with Crippen molar-refractivity contribution in [2.75, 3.05) is 0 Å². The molecule has 0 spiro atoms. The van der Waals surface area contributed by atoms with E-state index in [1.807, 2.05) is 30.5 Å². The smallest absolute Gasteiger partial charge is 0.251 e. The van der Waals surface area contributed by atoms with Crippen LogP contribution in [0.3, 0.4) is 0 Å². The molecule has 0 bridgehead atoms. The largest absolute Gasteiger partial charge is 0.361 e. The molecular formula is C17H22N2O. The number of carbonyl (C=O) groups excluding carboxylic acids is 1. The average Bonchev–Trinajstić information content (AvgIpc) is 2.84. The molecule has 0 saturated heterocycles. The van der Waals surface area contributed by atoms with Crippen LogP contribution in [-0.4, -0.2) is 16.9 Å². The summed E-state index contributed by atoms with van der Waals surface area (Å²) in [5, 5.41) is 4.29. The molecule has 2 atom stereocenters. The Labute approximate surface area is 119 Å². The van der Waals surface area contributed by atoms with Crippen LogP contribution in [0.5, 0.6) is 0 Å². The molecule has 1 aromatic carbocycles. The summed E-state index contributed by atoms with van der Waals surface area (Å²) in [6, 6.07) is 8.14. The maximum absolute atomic E-state index is 12.4. The van der Waals surface area contributed by atoms with Crippen molar-refractivity contribution < 1.29 is 4.79 Å². The van der Waals surface area contributed by atoms with Crippen molar-refractivity contribution in [2.45, 2.75) is 39.2 Å². The van der Waals surface area contributed by atoms with E-state index in [1.165, 1.54) is 6.42 Å². The molecule has 106 valence electrons. The van der Waals surface area contributed by atoms with Gasteiger partial charge in [0.15, 0.2) is 0 Å². The molecule has 1 aliphatic carbocycles. The van der Waals surface area contributed by atoms with Gasteiger partial charge < -0.3 is 10.3 Å². The van der Waals surface area contributed by atoms with Crippen LogP contribution in [0, 0.1) is 11.8 Å². The van der Waals surface area contributed by atoms with Gasteiger partial charge in [-0.15, -0.1) is 0 Å². The predicted octanol–water partition coefficient (Wildman–Crippen LogP) is 3.72. The van der Waals surface area contributed by atoms with Gasteiger partial charge in [0, 0.05) is 28.7 Å². The van der Waals surface area contributed by atoms with E-state index in [-0.39, 0.29) is 5.91 Å². The van der Waals surface area contributed by atoms with Crippen LogP contribution < -0.4 is 5.32 Å². The summed E-state index contributed by atoms with van der Waals surface area (Å²) in [5.74, 6) is 1.46. The summed E-state index contributed by atoms with van der Waals surface area (Å²) in [6.45, 7) is 4.56. The average molecular weight is 270 g/mol. The Morgan fingerprint density at radius 2 is 1.90 bits per heavy atom. The lowest BCUT2D eigenvalue weighted by Crippen LogP contribution is -2.40. The number of rotatable bonds is 2. The van der Waals surface area contributed by atoms with Crippen LogP contribution in [0.2, 0.25) is 0 Å². The van der Waals surface area contributed by atoms with Gasteiger partial charge in [-0.1, -0.05) is 13.8 Å². The normalized spacial score (nSPS) is 26.6. The SMILES string of the molecule is CC1CC(C)CC(NC(=O)c2ccc3[nH]ccc3c2)C1. The highest BCUT2D eigenvalue weighted by Gasteiger charge is 2.25. The van der Waals surface area contributed by atoms with Crippen LogP contribution in [-0.2, 0) is 0 Å². The standard InChI is InChI=1S/C17H22N2O/c1-11-7-12(2)9-15(8-11)19-17(20)14-3-4-16-13(10-14)5-6-18-16/h3-6,10-12,15,18H,7-9H2,1-2H3,(H,19,20). The molecule has 3 nitrogen and oxygen atoms in total. The summed E-state index contributed by atoms with van der Waals surface area (Å²) in [7, 11) is 0. The highest BCUT2D eigenvalue weighted by atomic mass is 16.1. The molecular weight excluding hydrogens is 248 g/mol. The maximum Gasteiger partial charge on any atom is 0.251 e. The fourth-order valence-corrected chi connectivity index (χ4v) is 3.53. The Balaban J connectivity index is 1.72. The number of hydrogen-bond donors (Lipinski definition) is 2. The molecule has 1 amide bonds. The molecule has 1 aromatic heterocycles. The van der Waals surface area contributed by atoms with Crippen molar-refractivity contribution >= 4 is 16.8 Å². The van der Waals surface area contributed by atoms with E-state index in [9.17, 15) is 4.79 Å². The van der Waals surface area contributed by atoms with Crippen LogP contribution in [0.4, 0.5) is 0 Å². The first kappa shape index (κ1) is 13.2. The lowest BCUT2D eigenvalue weighted by atomic mass is 9.80. The number of nitrogens with one attached hydrogen (secondary N) is 2. The van der Waals surface area contributed by atoms with Gasteiger partial charge in [-0.2, -0.15) is 0 Å². The van der Waals surface area contributed by atoms with E-state index >= 15 is 0 Å². The molecule has 1 heterocycles. The van der Waals surface area contributed by atoms with Crippen molar-refractivity contribution in [3.63, 3.8) is 0 Å². The molecule has 1 aliphatic rings. The first-order valence-corrected chi connectivity index (χ1v) is 7.50. The second-order valence-corrected chi connectivity index (χ2v) is 6.37. The summed E-state index contributed by atoms with van der Waals surface area (Å²) < 4.78 is 0. The van der Waals surface area contributed by atoms with Crippen molar-refractivity contribution in [3.05, 3.63) is 36.0 Å². The van der Waals surface area contributed by atoms with Gasteiger partial charge in [0.2, 0.25) is 0 Å². The Hall–Kier alpha value is -1.77. The van der Waals surface area contributed by atoms with Crippen LogP contribution in [0.1, 0.15) is 43.5 Å². The number of H-pyrrole nitrogens is 1. The molecule has 1 fully saturated rings. The minimum absolute atomic E-state index is 0.0550. The van der Waals surface area contributed by atoms with Crippen LogP contribution in [0.15, 0.2) is 30.5 Å². The van der Waals surface area contributed by atoms with Crippen molar-refractivity contribution in [1.82, 2.24) is 10.3 Å². The van der Waals surface area contributed by atoms with E-state index in [2.05, 4.69) is 24.1 Å². The molecule has 0 radical (unpaired) electrons. The van der Waals surface area contributed by atoms with Crippen molar-refractivity contribution in [1.29, 1.82) is 0 Å². The van der Waals surface area contributed by atoms with Gasteiger partial charge in [0.05, 0.1) is 0 Å². The van der Waals surface area contributed by atoms with E-state index < -0.39 is 0 Å². The zero-order valence-corrected chi connectivity index (χ0v) is 12.1. The minimum atomic E-state index is 0.0550. The van der Waals surface area contributed by atoms with Gasteiger partial charge >= 0.3 is 0 Å². The third-order valence-corrected chi connectivity index (χ3v) is 4.33. The first-order valence-electron chi connectivity index (χ1n) is 7.50. The molecule has 1 saturated carbocycles. The maximum atomic E-state index is 12.4. The molecule has 3 heteroatoms. The van der Waals surface area contributed by atoms with Gasteiger partial charge in [0.25, 0.3) is 5.91 Å². The molecule has 0 aliphatic heterocycles. The quantitative estimate of drug-likeness (QED) is 0.858. The number of fused-ring (bicyclic) bond motifs is 1. The Morgan fingerprint density at radius 3 is 2.65 bits per heavy atom. The fraction of sp³-hybridized carbons (Fsp3) is 0.471. The summed E-state index contributed by atoms with van der Waals surface area (Å²) in [5.41, 5.74) is 1.82. The fourth-order valence-electron chi connectivity index (χ4n) is 3.53. The number of benzene rings is 1. The lowest BCUT2D eigenvalue weighted by molar-refractivity contribution is 0.0911. The second-order valence-electron chi connectivity index (χ2n) is 6.37. The summed E-state index contributed by atoms with van der Waals surface area (Å²) in [4.78, 5) is 15.5. The molecule has 2 aromatic rings. The third-order valence-electron chi connectivity index (χ3n) is 4.33. The van der Waals surface area contributed by atoms with E-state index in [1.54, 1.807) is 0 Å². The third kappa shape index (κ3) is 2.72. The Morgan fingerprint density at radius 1 is 1.15 bits per heavy atom. The molecule has 2 N–H and O–H groups in total. The molecule has 3 rings (SSSR count). The highest BCUT2D eigenvalue weighted by molar-refractivity contribution is 5.98. The Kier molecular flexibility index (Phi) is 3.51. The zero-order valence-electron chi connectivity index (χ0n) is 12.1. The number of aromatic amines is 1. The highest BCUT2D eigenvalue weighted by Crippen LogP contribution is 2.28. The lowest BCUT2D eigenvalue weighted by Gasteiger charge is -2.32. The van der Waals surface area contributed by atoms with Gasteiger partial charge in [-0.25, -0.2) is 0 Å². The minimum Gasteiger partial charge on any atom is -0.361 e. The molecule has 2 unspecified atom stereocenters.